The Labute approximate surface area is 100 Å². The van der Waals surface area contributed by atoms with Crippen molar-refractivity contribution < 1.29 is 4.39 Å². The average Bonchev–Trinajstić information content (AvgIpc) is 2.72. The van der Waals surface area contributed by atoms with E-state index in [-0.39, 0.29) is 5.82 Å². The number of anilines is 1. The van der Waals surface area contributed by atoms with Gasteiger partial charge in [0.15, 0.2) is 0 Å². The van der Waals surface area contributed by atoms with E-state index in [2.05, 4.69) is 10.4 Å². The van der Waals surface area contributed by atoms with Gasteiger partial charge in [-0.15, -0.1) is 0 Å². The number of benzene rings is 1. The third-order valence-electron chi connectivity index (χ3n) is 2.62. The maximum Gasteiger partial charge on any atom is 0.125 e. The van der Waals surface area contributed by atoms with E-state index < -0.39 is 0 Å². The highest BCUT2D eigenvalue weighted by molar-refractivity contribution is 5.46. The molecule has 0 unspecified atom stereocenters. The zero-order valence-electron chi connectivity index (χ0n) is 10.1. The molecule has 0 bridgehead atoms. The van der Waals surface area contributed by atoms with Crippen LogP contribution in [0.2, 0.25) is 0 Å². The summed E-state index contributed by atoms with van der Waals surface area (Å²) < 4.78 is 15.1. The minimum atomic E-state index is -0.212. The quantitative estimate of drug-likeness (QED) is 0.879. The van der Waals surface area contributed by atoms with Gasteiger partial charge in [-0.2, -0.15) is 5.10 Å². The highest BCUT2D eigenvalue weighted by atomic mass is 19.1. The van der Waals surface area contributed by atoms with Crippen molar-refractivity contribution in [3.8, 4) is 0 Å². The van der Waals surface area contributed by atoms with E-state index in [4.69, 9.17) is 0 Å². The number of hydrogen-bond donors (Lipinski definition) is 1. The van der Waals surface area contributed by atoms with Crippen molar-refractivity contribution in [1.82, 2.24) is 9.78 Å². The summed E-state index contributed by atoms with van der Waals surface area (Å²) in [6.45, 7) is 5.41. The molecule has 0 saturated heterocycles. The fourth-order valence-electron chi connectivity index (χ4n) is 1.83. The van der Waals surface area contributed by atoms with Gasteiger partial charge < -0.3 is 5.32 Å². The van der Waals surface area contributed by atoms with E-state index in [1.165, 1.54) is 12.1 Å². The molecule has 0 spiro atoms. The van der Waals surface area contributed by atoms with Crippen LogP contribution in [0.5, 0.6) is 0 Å². The molecule has 0 saturated carbocycles. The summed E-state index contributed by atoms with van der Waals surface area (Å²) >= 11 is 0. The van der Waals surface area contributed by atoms with Gasteiger partial charge in [0, 0.05) is 18.4 Å². The molecule has 0 aliphatic rings. The molecular formula is C13H16FN3. The molecule has 0 atom stereocenters. The van der Waals surface area contributed by atoms with E-state index in [1.807, 2.05) is 30.7 Å². The standard InChI is InChI=1S/C13H16FN3/c1-3-17-13(4-5-16-17)9-15-12-7-10(2)6-11(14)8-12/h4-8,15H,3,9H2,1-2H3. The summed E-state index contributed by atoms with van der Waals surface area (Å²) in [4.78, 5) is 0. The molecule has 1 N–H and O–H groups in total. The fraction of sp³-hybridized carbons (Fsp3) is 0.308. The summed E-state index contributed by atoms with van der Waals surface area (Å²) in [7, 11) is 0. The summed E-state index contributed by atoms with van der Waals surface area (Å²) in [6.07, 6.45) is 1.78. The number of halogens is 1. The van der Waals surface area contributed by atoms with Gasteiger partial charge in [0.05, 0.1) is 12.2 Å². The van der Waals surface area contributed by atoms with E-state index >= 15 is 0 Å². The predicted molar refractivity (Wildman–Crippen MR) is 66.4 cm³/mol. The lowest BCUT2D eigenvalue weighted by Gasteiger charge is -2.09. The topological polar surface area (TPSA) is 29.9 Å². The van der Waals surface area contributed by atoms with E-state index in [1.54, 1.807) is 6.20 Å². The summed E-state index contributed by atoms with van der Waals surface area (Å²) in [5.41, 5.74) is 2.80. The molecule has 0 radical (unpaired) electrons. The molecule has 1 heterocycles. The smallest absolute Gasteiger partial charge is 0.125 e. The van der Waals surface area contributed by atoms with Crippen molar-refractivity contribution in [3.63, 3.8) is 0 Å². The lowest BCUT2D eigenvalue weighted by Crippen LogP contribution is -2.08. The van der Waals surface area contributed by atoms with Crippen molar-refractivity contribution >= 4 is 5.69 Å². The number of aromatic nitrogens is 2. The zero-order valence-corrected chi connectivity index (χ0v) is 10.1. The predicted octanol–water partition coefficient (Wildman–Crippen LogP) is 2.96. The Morgan fingerprint density at radius 1 is 1.35 bits per heavy atom. The van der Waals surface area contributed by atoms with Gasteiger partial charge >= 0.3 is 0 Å². The van der Waals surface area contributed by atoms with Gasteiger partial charge in [0.1, 0.15) is 5.82 Å². The normalized spacial score (nSPS) is 10.5. The molecule has 0 fully saturated rings. The van der Waals surface area contributed by atoms with Crippen molar-refractivity contribution in [1.29, 1.82) is 0 Å². The highest BCUT2D eigenvalue weighted by Crippen LogP contribution is 2.14. The Balaban J connectivity index is 2.07. The van der Waals surface area contributed by atoms with Crippen LogP contribution in [0.3, 0.4) is 0 Å². The van der Waals surface area contributed by atoms with E-state index in [0.717, 1.165) is 23.5 Å². The number of rotatable bonds is 4. The largest absolute Gasteiger partial charge is 0.379 e. The molecule has 0 aliphatic heterocycles. The van der Waals surface area contributed by atoms with Crippen LogP contribution < -0.4 is 5.32 Å². The van der Waals surface area contributed by atoms with Gasteiger partial charge in [0.25, 0.3) is 0 Å². The van der Waals surface area contributed by atoms with E-state index in [0.29, 0.717) is 6.54 Å². The Morgan fingerprint density at radius 3 is 2.88 bits per heavy atom. The first kappa shape index (κ1) is 11.6. The lowest BCUT2D eigenvalue weighted by atomic mass is 10.2. The molecule has 90 valence electrons. The Morgan fingerprint density at radius 2 is 2.18 bits per heavy atom. The minimum Gasteiger partial charge on any atom is -0.379 e. The van der Waals surface area contributed by atoms with Crippen LogP contribution in [0.1, 0.15) is 18.2 Å². The van der Waals surface area contributed by atoms with Crippen LogP contribution in [0.25, 0.3) is 0 Å². The van der Waals surface area contributed by atoms with Crippen LogP contribution >= 0.6 is 0 Å². The first-order valence-electron chi connectivity index (χ1n) is 5.71. The first-order chi connectivity index (χ1) is 8.19. The molecule has 17 heavy (non-hydrogen) atoms. The van der Waals surface area contributed by atoms with Gasteiger partial charge in [-0.25, -0.2) is 4.39 Å². The first-order valence-corrected chi connectivity index (χ1v) is 5.71. The second-order valence-corrected chi connectivity index (χ2v) is 4.01. The highest BCUT2D eigenvalue weighted by Gasteiger charge is 2.01. The molecular weight excluding hydrogens is 217 g/mol. The molecule has 3 nitrogen and oxygen atoms in total. The van der Waals surface area contributed by atoms with Crippen molar-refractivity contribution in [2.45, 2.75) is 26.9 Å². The van der Waals surface area contributed by atoms with Crippen molar-refractivity contribution in [2.24, 2.45) is 0 Å². The zero-order chi connectivity index (χ0) is 12.3. The van der Waals surface area contributed by atoms with Crippen LogP contribution in [0.15, 0.2) is 30.5 Å². The minimum absolute atomic E-state index is 0.212. The molecule has 0 amide bonds. The Bertz CT molecular complexity index is 485. The lowest BCUT2D eigenvalue weighted by molar-refractivity contribution is 0.623. The second-order valence-electron chi connectivity index (χ2n) is 4.01. The van der Waals surface area contributed by atoms with Gasteiger partial charge in [0.2, 0.25) is 0 Å². The molecule has 2 rings (SSSR count). The van der Waals surface area contributed by atoms with Gasteiger partial charge in [-0.1, -0.05) is 0 Å². The number of nitrogens with zero attached hydrogens (tertiary/aromatic N) is 2. The summed E-state index contributed by atoms with van der Waals surface area (Å²) in [5, 5.41) is 7.39. The van der Waals surface area contributed by atoms with Crippen LogP contribution in [0, 0.1) is 12.7 Å². The molecule has 2 aromatic rings. The monoisotopic (exact) mass is 233 g/mol. The Hall–Kier alpha value is -1.84. The second kappa shape index (κ2) is 4.99. The average molecular weight is 233 g/mol. The van der Waals surface area contributed by atoms with Crippen LogP contribution in [-0.4, -0.2) is 9.78 Å². The molecule has 1 aromatic carbocycles. The number of hydrogen-bond acceptors (Lipinski definition) is 2. The Kier molecular flexibility index (Phi) is 3.42. The fourth-order valence-corrected chi connectivity index (χ4v) is 1.83. The maximum atomic E-state index is 13.2. The maximum absolute atomic E-state index is 13.2. The molecule has 1 aromatic heterocycles. The third kappa shape index (κ3) is 2.84. The van der Waals surface area contributed by atoms with Gasteiger partial charge in [-0.05, 0) is 43.7 Å². The SMILES string of the molecule is CCn1nccc1CNc1cc(C)cc(F)c1. The third-order valence-corrected chi connectivity index (χ3v) is 2.62. The molecule has 0 aliphatic carbocycles. The van der Waals surface area contributed by atoms with Crippen molar-refractivity contribution in [3.05, 3.63) is 47.5 Å². The summed E-state index contributed by atoms with van der Waals surface area (Å²) in [5.74, 6) is -0.212. The van der Waals surface area contributed by atoms with Crippen molar-refractivity contribution in [2.75, 3.05) is 5.32 Å². The van der Waals surface area contributed by atoms with Crippen LogP contribution in [0.4, 0.5) is 10.1 Å². The number of aryl methyl sites for hydroxylation is 2. The van der Waals surface area contributed by atoms with E-state index in [9.17, 15) is 4.39 Å². The molecule has 4 heteroatoms. The number of nitrogens with one attached hydrogen (secondary N) is 1. The van der Waals surface area contributed by atoms with Gasteiger partial charge in [-0.3, -0.25) is 4.68 Å². The van der Waals surface area contributed by atoms with Crippen LogP contribution in [-0.2, 0) is 13.1 Å². The summed E-state index contributed by atoms with van der Waals surface area (Å²) in [6, 6.07) is 6.90.